The molecule has 19 heavy (non-hydrogen) atoms. The topological polar surface area (TPSA) is 57.8 Å². The Labute approximate surface area is 113 Å². The summed E-state index contributed by atoms with van der Waals surface area (Å²) in [5.41, 5.74) is 1.71. The molecule has 0 radical (unpaired) electrons. The molecule has 0 aliphatic rings. The number of pyridine rings is 1. The molecule has 1 amide bonds. The number of H-pyrrole nitrogens is 1. The molecular weight excluding hydrogens is 238 g/mol. The summed E-state index contributed by atoms with van der Waals surface area (Å²) in [7, 11) is 0. The predicted octanol–water partition coefficient (Wildman–Crippen LogP) is 3.07. The van der Waals surface area contributed by atoms with Gasteiger partial charge in [-0.2, -0.15) is 0 Å². The van der Waals surface area contributed by atoms with Crippen molar-refractivity contribution in [1.29, 1.82) is 0 Å². The van der Waals surface area contributed by atoms with Crippen molar-refractivity contribution in [2.75, 3.05) is 0 Å². The van der Waals surface area contributed by atoms with Crippen LogP contribution in [0, 0.1) is 0 Å². The maximum atomic E-state index is 12.1. The first-order valence-electron chi connectivity index (χ1n) is 6.65. The number of carbonyl (C=O) groups excluding carboxylic acids is 1. The van der Waals surface area contributed by atoms with Gasteiger partial charge >= 0.3 is 0 Å². The first-order valence-corrected chi connectivity index (χ1v) is 6.65. The van der Waals surface area contributed by atoms with Crippen molar-refractivity contribution in [2.24, 2.45) is 0 Å². The third-order valence-corrected chi connectivity index (χ3v) is 3.10. The van der Waals surface area contributed by atoms with Crippen LogP contribution < -0.4 is 5.32 Å². The van der Waals surface area contributed by atoms with Crippen LogP contribution in [-0.4, -0.2) is 15.9 Å². The van der Waals surface area contributed by atoms with Crippen LogP contribution in [0.25, 0.3) is 0 Å². The Morgan fingerprint density at radius 3 is 3.00 bits per heavy atom. The van der Waals surface area contributed by atoms with Crippen molar-refractivity contribution in [3.05, 3.63) is 54.1 Å². The van der Waals surface area contributed by atoms with Gasteiger partial charge in [0.2, 0.25) is 0 Å². The molecule has 2 rings (SSSR count). The second-order valence-corrected chi connectivity index (χ2v) is 4.55. The second kappa shape index (κ2) is 6.73. The van der Waals surface area contributed by atoms with Crippen LogP contribution in [0.3, 0.4) is 0 Å². The lowest BCUT2D eigenvalue weighted by Gasteiger charge is -2.18. The number of unbranched alkanes of at least 4 members (excludes halogenated alkanes) is 1. The van der Waals surface area contributed by atoms with E-state index in [1.807, 2.05) is 18.3 Å². The number of hydrogen-bond donors (Lipinski definition) is 2. The van der Waals surface area contributed by atoms with E-state index in [2.05, 4.69) is 22.2 Å². The van der Waals surface area contributed by atoms with E-state index >= 15 is 0 Å². The van der Waals surface area contributed by atoms with Gasteiger partial charge in [-0.05, 0) is 24.1 Å². The van der Waals surface area contributed by atoms with E-state index in [1.165, 1.54) is 0 Å². The zero-order valence-electron chi connectivity index (χ0n) is 11.1. The van der Waals surface area contributed by atoms with Gasteiger partial charge in [0.15, 0.2) is 0 Å². The maximum Gasteiger partial charge on any atom is 0.253 e. The lowest BCUT2D eigenvalue weighted by atomic mass is 10.0. The number of amides is 1. The number of hydrogen-bond acceptors (Lipinski definition) is 2. The Kier molecular flexibility index (Phi) is 4.72. The Morgan fingerprint density at radius 2 is 2.37 bits per heavy atom. The zero-order valence-corrected chi connectivity index (χ0v) is 11.1. The zero-order chi connectivity index (χ0) is 13.5. The molecule has 0 aliphatic heterocycles. The average Bonchev–Trinajstić information content (AvgIpc) is 2.98. The largest absolute Gasteiger partial charge is 0.367 e. The lowest BCUT2D eigenvalue weighted by Crippen LogP contribution is -2.28. The van der Waals surface area contributed by atoms with E-state index in [0.29, 0.717) is 5.56 Å². The van der Waals surface area contributed by atoms with Crippen molar-refractivity contribution in [3.63, 3.8) is 0 Å². The van der Waals surface area contributed by atoms with Crippen LogP contribution in [0.15, 0.2) is 43.0 Å². The third kappa shape index (κ3) is 3.68. The molecule has 100 valence electrons. The molecule has 0 bridgehead atoms. The monoisotopic (exact) mass is 257 g/mol. The number of aromatic nitrogens is 2. The molecule has 2 heterocycles. The van der Waals surface area contributed by atoms with E-state index in [-0.39, 0.29) is 11.9 Å². The Hall–Kier alpha value is -2.10. The van der Waals surface area contributed by atoms with Gasteiger partial charge in [-0.3, -0.25) is 9.78 Å². The van der Waals surface area contributed by atoms with Crippen molar-refractivity contribution in [1.82, 2.24) is 15.3 Å². The molecule has 0 saturated carbocycles. The molecule has 2 aromatic rings. The lowest BCUT2D eigenvalue weighted by molar-refractivity contribution is 0.0934. The van der Waals surface area contributed by atoms with Crippen LogP contribution in [0.1, 0.15) is 48.1 Å². The van der Waals surface area contributed by atoms with Crippen LogP contribution in [0.4, 0.5) is 0 Å². The molecule has 0 aromatic carbocycles. The highest BCUT2D eigenvalue weighted by atomic mass is 16.1. The molecular formula is C15H19N3O. The smallest absolute Gasteiger partial charge is 0.253 e. The van der Waals surface area contributed by atoms with E-state index in [0.717, 1.165) is 24.8 Å². The molecule has 4 heteroatoms. The minimum Gasteiger partial charge on any atom is -0.367 e. The van der Waals surface area contributed by atoms with E-state index in [1.54, 1.807) is 24.7 Å². The molecule has 0 aliphatic carbocycles. The van der Waals surface area contributed by atoms with E-state index < -0.39 is 0 Å². The van der Waals surface area contributed by atoms with Gasteiger partial charge in [-0.1, -0.05) is 25.8 Å². The highest BCUT2D eigenvalue weighted by Gasteiger charge is 2.15. The molecule has 0 fully saturated rings. The highest BCUT2D eigenvalue weighted by molar-refractivity contribution is 5.94. The summed E-state index contributed by atoms with van der Waals surface area (Å²) in [6, 6.07) is 5.70. The van der Waals surface area contributed by atoms with Crippen molar-refractivity contribution in [2.45, 2.75) is 32.2 Å². The van der Waals surface area contributed by atoms with Crippen LogP contribution in [0.2, 0.25) is 0 Å². The summed E-state index contributed by atoms with van der Waals surface area (Å²) >= 11 is 0. The fraction of sp³-hybridized carbons (Fsp3) is 0.333. The molecule has 0 spiro atoms. The van der Waals surface area contributed by atoms with E-state index in [4.69, 9.17) is 0 Å². The minimum absolute atomic E-state index is 0.0241. The fourth-order valence-corrected chi connectivity index (χ4v) is 2.02. The maximum absolute atomic E-state index is 12.1. The summed E-state index contributed by atoms with van der Waals surface area (Å²) in [5.74, 6) is -0.0498. The first kappa shape index (κ1) is 13.3. The predicted molar refractivity (Wildman–Crippen MR) is 74.8 cm³/mol. The normalized spacial score (nSPS) is 12.1. The average molecular weight is 257 g/mol. The summed E-state index contributed by atoms with van der Waals surface area (Å²) < 4.78 is 0. The summed E-state index contributed by atoms with van der Waals surface area (Å²) in [6.07, 6.45) is 10.1. The number of aromatic amines is 1. The highest BCUT2D eigenvalue weighted by Crippen LogP contribution is 2.19. The van der Waals surface area contributed by atoms with Gasteiger partial charge in [0.25, 0.3) is 5.91 Å². The number of nitrogens with one attached hydrogen (secondary N) is 2. The van der Waals surface area contributed by atoms with Crippen molar-refractivity contribution < 1.29 is 4.79 Å². The molecule has 2 aromatic heterocycles. The molecule has 0 saturated heterocycles. The van der Waals surface area contributed by atoms with E-state index in [9.17, 15) is 4.79 Å². The SMILES string of the molecule is CCCCC(NC(=O)c1cc[nH]c1)c1cccnc1. The summed E-state index contributed by atoms with van der Waals surface area (Å²) in [5, 5.41) is 3.07. The van der Waals surface area contributed by atoms with Crippen LogP contribution >= 0.6 is 0 Å². The second-order valence-electron chi connectivity index (χ2n) is 4.55. The minimum atomic E-state index is -0.0498. The van der Waals surface area contributed by atoms with Gasteiger partial charge in [-0.15, -0.1) is 0 Å². The number of carbonyl (C=O) groups is 1. The molecule has 2 N–H and O–H groups in total. The van der Waals surface area contributed by atoms with Gasteiger partial charge in [0.05, 0.1) is 11.6 Å². The molecule has 4 nitrogen and oxygen atoms in total. The van der Waals surface area contributed by atoms with Gasteiger partial charge in [-0.25, -0.2) is 0 Å². The molecule has 1 unspecified atom stereocenters. The molecule has 1 atom stereocenters. The first-order chi connectivity index (χ1) is 9.31. The van der Waals surface area contributed by atoms with Crippen molar-refractivity contribution in [3.8, 4) is 0 Å². The van der Waals surface area contributed by atoms with Crippen LogP contribution in [-0.2, 0) is 0 Å². The van der Waals surface area contributed by atoms with Gasteiger partial charge in [0, 0.05) is 24.8 Å². The number of nitrogens with zero attached hydrogens (tertiary/aromatic N) is 1. The Morgan fingerprint density at radius 1 is 1.47 bits per heavy atom. The third-order valence-electron chi connectivity index (χ3n) is 3.10. The Bertz CT molecular complexity index is 493. The Balaban J connectivity index is 2.08. The summed E-state index contributed by atoms with van der Waals surface area (Å²) in [6.45, 7) is 2.15. The van der Waals surface area contributed by atoms with Crippen LogP contribution in [0.5, 0.6) is 0 Å². The standard InChI is InChI=1S/C15H19N3O/c1-2-3-6-14(12-5-4-8-16-10-12)18-15(19)13-7-9-17-11-13/h4-5,7-11,14,17H,2-3,6H2,1H3,(H,18,19). The summed E-state index contributed by atoms with van der Waals surface area (Å²) in [4.78, 5) is 19.1. The number of rotatable bonds is 6. The van der Waals surface area contributed by atoms with Gasteiger partial charge in [0.1, 0.15) is 0 Å². The quantitative estimate of drug-likeness (QED) is 0.835. The van der Waals surface area contributed by atoms with Crippen molar-refractivity contribution >= 4 is 5.91 Å². The van der Waals surface area contributed by atoms with Gasteiger partial charge < -0.3 is 10.3 Å². The fourth-order valence-electron chi connectivity index (χ4n) is 2.02.